The standard InChI is InChI=1S/C15H23FN2O2/c1-2-19-8-9-20-13-5-6-15(14(16)10-13)18-7-3-4-12(17)11-18/h5-6,10,12H,2-4,7-9,11,17H2,1H3. The van der Waals surface area contributed by atoms with Gasteiger partial charge in [-0.3, -0.25) is 0 Å². The second-order valence-electron chi connectivity index (χ2n) is 5.01. The Bertz CT molecular complexity index is 428. The van der Waals surface area contributed by atoms with Crippen LogP contribution >= 0.6 is 0 Å². The van der Waals surface area contributed by atoms with Crippen molar-refractivity contribution in [3.8, 4) is 5.75 Å². The predicted molar refractivity (Wildman–Crippen MR) is 77.8 cm³/mol. The summed E-state index contributed by atoms with van der Waals surface area (Å²) in [5.41, 5.74) is 6.54. The first kappa shape index (κ1) is 15.1. The maximum absolute atomic E-state index is 14.1. The van der Waals surface area contributed by atoms with Crippen LogP contribution in [-0.2, 0) is 4.74 Å². The zero-order valence-electron chi connectivity index (χ0n) is 12.0. The maximum atomic E-state index is 14.1. The lowest BCUT2D eigenvalue weighted by molar-refractivity contribution is 0.110. The van der Waals surface area contributed by atoms with E-state index in [4.69, 9.17) is 15.2 Å². The minimum atomic E-state index is -0.256. The summed E-state index contributed by atoms with van der Waals surface area (Å²) in [4.78, 5) is 2.01. The highest BCUT2D eigenvalue weighted by molar-refractivity contribution is 5.51. The Labute approximate surface area is 119 Å². The van der Waals surface area contributed by atoms with E-state index in [1.807, 2.05) is 11.8 Å². The van der Waals surface area contributed by atoms with E-state index in [9.17, 15) is 4.39 Å². The molecular formula is C15H23FN2O2. The summed E-state index contributed by atoms with van der Waals surface area (Å²) in [6.07, 6.45) is 2.02. The largest absolute Gasteiger partial charge is 0.491 e. The monoisotopic (exact) mass is 282 g/mol. The smallest absolute Gasteiger partial charge is 0.150 e. The molecular weight excluding hydrogens is 259 g/mol. The van der Waals surface area contributed by atoms with Gasteiger partial charge in [-0.15, -0.1) is 0 Å². The van der Waals surface area contributed by atoms with E-state index in [0.717, 1.165) is 19.4 Å². The molecule has 0 radical (unpaired) electrons. The normalized spacial score (nSPS) is 19.1. The van der Waals surface area contributed by atoms with Gasteiger partial charge in [0.2, 0.25) is 0 Å². The van der Waals surface area contributed by atoms with E-state index in [-0.39, 0.29) is 11.9 Å². The van der Waals surface area contributed by atoms with Gasteiger partial charge in [-0.2, -0.15) is 0 Å². The average Bonchev–Trinajstić information content (AvgIpc) is 2.44. The molecule has 20 heavy (non-hydrogen) atoms. The molecule has 0 aromatic heterocycles. The molecule has 1 saturated heterocycles. The molecule has 1 aromatic rings. The molecule has 112 valence electrons. The Balaban J connectivity index is 1.95. The van der Waals surface area contributed by atoms with Crippen LogP contribution in [0, 0.1) is 5.82 Å². The second kappa shape index (κ2) is 7.45. The highest BCUT2D eigenvalue weighted by Gasteiger charge is 2.19. The first-order valence-electron chi connectivity index (χ1n) is 7.21. The summed E-state index contributed by atoms with van der Waals surface area (Å²) < 4.78 is 24.8. The molecule has 0 saturated carbocycles. The van der Waals surface area contributed by atoms with Crippen LogP contribution in [0.15, 0.2) is 18.2 Å². The van der Waals surface area contributed by atoms with Crippen LogP contribution in [0.4, 0.5) is 10.1 Å². The van der Waals surface area contributed by atoms with Crippen molar-refractivity contribution in [2.45, 2.75) is 25.8 Å². The lowest BCUT2D eigenvalue weighted by atomic mass is 10.1. The molecule has 2 rings (SSSR count). The summed E-state index contributed by atoms with van der Waals surface area (Å²) in [5, 5.41) is 0. The third kappa shape index (κ3) is 4.08. The van der Waals surface area contributed by atoms with Crippen LogP contribution in [0.3, 0.4) is 0 Å². The van der Waals surface area contributed by atoms with E-state index in [2.05, 4.69) is 0 Å². The zero-order valence-corrected chi connectivity index (χ0v) is 12.0. The van der Waals surface area contributed by atoms with Gasteiger partial charge in [0, 0.05) is 31.8 Å². The quantitative estimate of drug-likeness (QED) is 0.812. The third-order valence-electron chi connectivity index (χ3n) is 3.42. The second-order valence-corrected chi connectivity index (χ2v) is 5.01. The van der Waals surface area contributed by atoms with Gasteiger partial charge in [0.1, 0.15) is 18.2 Å². The van der Waals surface area contributed by atoms with Gasteiger partial charge < -0.3 is 20.1 Å². The van der Waals surface area contributed by atoms with Crippen LogP contribution in [0.1, 0.15) is 19.8 Å². The number of piperidine rings is 1. The molecule has 0 bridgehead atoms. The molecule has 1 heterocycles. The van der Waals surface area contributed by atoms with E-state index < -0.39 is 0 Å². The molecule has 0 spiro atoms. The van der Waals surface area contributed by atoms with Gasteiger partial charge in [0.25, 0.3) is 0 Å². The molecule has 5 heteroatoms. The number of nitrogens with zero attached hydrogens (tertiary/aromatic N) is 1. The highest BCUT2D eigenvalue weighted by atomic mass is 19.1. The number of halogens is 1. The molecule has 1 aliphatic rings. The Morgan fingerprint density at radius 1 is 1.40 bits per heavy atom. The summed E-state index contributed by atoms with van der Waals surface area (Å²) >= 11 is 0. The summed E-state index contributed by atoms with van der Waals surface area (Å²) in [6, 6.07) is 5.13. The lowest BCUT2D eigenvalue weighted by Crippen LogP contribution is -2.43. The molecule has 1 atom stereocenters. The highest BCUT2D eigenvalue weighted by Crippen LogP contribution is 2.26. The molecule has 4 nitrogen and oxygen atoms in total. The SMILES string of the molecule is CCOCCOc1ccc(N2CCCC(N)C2)c(F)c1. The number of anilines is 1. The fourth-order valence-corrected chi connectivity index (χ4v) is 2.43. The first-order valence-corrected chi connectivity index (χ1v) is 7.21. The average molecular weight is 282 g/mol. The first-order chi connectivity index (χ1) is 9.70. The summed E-state index contributed by atoms with van der Waals surface area (Å²) in [7, 11) is 0. The Kier molecular flexibility index (Phi) is 5.61. The molecule has 1 fully saturated rings. The number of ether oxygens (including phenoxy) is 2. The van der Waals surface area contributed by atoms with Crippen molar-refractivity contribution in [1.82, 2.24) is 0 Å². The number of nitrogens with two attached hydrogens (primary N) is 1. The van der Waals surface area contributed by atoms with Gasteiger partial charge in [-0.1, -0.05) is 0 Å². The van der Waals surface area contributed by atoms with Crippen LogP contribution in [0.25, 0.3) is 0 Å². The Morgan fingerprint density at radius 2 is 2.25 bits per heavy atom. The molecule has 1 aromatic carbocycles. The van der Waals surface area contributed by atoms with E-state index >= 15 is 0 Å². The third-order valence-corrected chi connectivity index (χ3v) is 3.42. The van der Waals surface area contributed by atoms with Gasteiger partial charge in [-0.05, 0) is 31.9 Å². The van der Waals surface area contributed by atoms with E-state index in [1.54, 1.807) is 12.1 Å². The van der Waals surface area contributed by atoms with Crippen molar-refractivity contribution >= 4 is 5.69 Å². The van der Waals surface area contributed by atoms with Gasteiger partial charge >= 0.3 is 0 Å². The van der Waals surface area contributed by atoms with Crippen LogP contribution in [0.2, 0.25) is 0 Å². The number of hydrogen-bond acceptors (Lipinski definition) is 4. The van der Waals surface area contributed by atoms with Crippen molar-refractivity contribution in [2.24, 2.45) is 5.73 Å². The number of rotatable bonds is 6. The molecule has 2 N–H and O–H groups in total. The van der Waals surface area contributed by atoms with Gasteiger partial charge in [-0.25, -0.2) is 4.39 Å². The molecule has 0 aliphatic carbocycles. The van der Waals surface area contributed by atoms with Gasteiger partial charge in [0.05, 0.1) is 12.3 Å². The Hall–Kier alpha value is -1.33. The number of benzene rings is 1. The fraction of sp³-hybridized carbons (Fsp3) is 0.600. The molecule has 0 amide bonds. The van der Waals surface area contributed by atoms with Crippen LogP contribution in [0.5, 0.6) is 5.75 Å². The number of hydrogen-bond donors (Lipinski definition) is 1. The van der Waals surface area contributed by atoms with Crippen molar-refractivity contribution < 1.29 is 13.9 Å². The fourth-order valence-electron chi connectivity index (χ4n) is 2.43. The zero-order chi connectivity index (χ0) is 14.4. The Morgan fingerprint density at radius 3 is 2.95 bits per heavy atom. The molecule has 1 unspecified atom stereocenters. The van der Waals surface area contributed by atoms with Crippen molar-refractivity contribution in [2.75, 3.05) is 37.8 Å². The topological polar surface area (TPSA) is 47.7 Å². The maximum Gasteiger partial charge on any atom is 0.150 e. The molecule has 1 aliphatic heterocycles. The van der Waals surface area contributed by atoms with Gasteiger partial charge in [0.15, 0.2) is 0 Å². The van der Waals surface area contributed by atoms with E-state index in [0.29, 0.717) is 37.8 Å². The minimum absolute atomic E-state index is 0.130. The van der Waals surface area contributed by atoms with Crippen molar-refractivity contribution in [3.63, 3.8) is 0 Å². The van der Waals surface area contributed by atoms with E-state index in [1.165, 1.54) is 6.07 Å². The lowest BCUT2D eigenvalue weighted by Gasteiger charge is -2.32. The minimum Gasteiger partial charge on any atom is -0.491 e. The summed E-state index contributed by atoms with van der Waals surface area (Å²) in [5.74, 6) is 0.278. The van der Waals surface area contributed by atoms with Crippen molar-refractivity contribution in [3.05, 3.63) is 24.0 Å². The van der Waals surface area contributed by atoms with Crippen LogP contribution in [-0.4, -0.2) is 39.0 Å². The van der Waals surface area contributed by atoms with Crippen LogP contribution < -0.4 is 15.4 Å². The summed E-state index contributed by atoms with van der Waals surface area (Å²) in [6.45, 7) is 5.10. The predicted octanol–water partition coefficient (Wildman–Crippen LogP) is 2.17. The van der Waals surface area contributed by atoms with Crippen molar-refractivity contribution in [1.29, 1.82) is 0 Å².